The maximum absolute atomic E-state index is 5.18. The summed E-state index contributed by atoms with van der Waals surface area (Å²) in [5.41, 5.74) is 2.74. The van der Waals surface area contributed by atoms with Gasteiger partial charge in [-0.2, -0.15) is 11.8 Å². The van der Waals surface area contributed by atoms with Gasteiger partial charge in [-0.15, -0.1) is 11.3 Å². The molecule has 0 spiro atoms. The zero-order chi connectivity index (χ0) is 11.7. The van der Waals surface area contributed by atoms with E-state index in [0.717, 1.165) is 0 Å². The Kier molecular flexibility index (Phi) is 3.27. The van der Waals surface area contributed by atoms with Gasteiger partial charge in [-0.25, -0.2) is 0 Å². The highest BCUT2D eigenvalue weighted by Crippen LogP contribution is 2.36. The van der Waals surface area contributed by atoms with Crippen molar-refractivity contribution in [2.45, 2.75) is 18.2 Å². The van der Waals surface area contributed by atoms with Crippen molar-refractivity contribution < 1.29 is 4.42 Å². The standard InChI is InChI=1S/C13H15NOS2/c1-14-13(9-2-4-15-7-9)12-6-10-8-16-5-3-11(10)17-12/h2,4,6-7,13-14H,3,5,8H2,1H3. The van der Waals surface area contributed by atoms with Gasteiger partial charge in [0.25, 0.3) is 0 Å². The van der Waals surface area contributed by atoms with Crippen LogP contribution in [-0.2, 0) is 12.2 Å². The van der Waals surface area contributed by atoms with Gasteiger partial charge in [0.15, 0.2) is 0 Å². The van der Waals surface area contributed by atoms with E-state index in [9.17, 15) is 0 Å². The highest BCUT2D eigenvalue weighted by molar-refractivity contribution is 7.98. The fraction of sp³-hybridized carbons (Fsp3) is 0.385. The lowest BCUT2D eigenvalue weighted by atomic mass is 10.1. The summed E-state index contributed by atoms with van der Waals surface area (Å²) in [6, 6.07) is 4.67. The Labute approximate surface area is 109 Å². The summed E-state index contributed by atoms with van der Waals surface area (Å²) in [5, 5.41) is 3.37. The van der Waals surface area contributed by atoms with E-state index in [1.807, 2.05) is 42.5 Å². The van der Waals surface area contributed by atoms with E-state index in [2.05, 4.69) is 11.4 Å². The van der Waals surface area contributed by atoms with Crippen LogP contribution >= 0.6 is 23.1 Å². The normalized spacial score (nSPS) is 16.8. The summed E-state index contributed by atoms with van der Waals surface area (Å²) in [4.78, 5) is 2.98. The maximum atomic E-state index is 5.18. The Bertz CT molecular complexity index is 466. The molecule has 2 aromatic rings. The number of hydrogen-bond donors (Lipinski definition) is 1. The molecule has 0 radical (unpaired) electrons. The molecule has 1 atom stereocenters. The topological polar surface area (TPSA) is 25.2 Å². The highest BCUT2D eigenvalue weighted by atomic mass is 32.2. The van der Waals surface area contributed by atoms with E-state index in [1.165, 1.54) is 33.9 Å². The zero-order valence-electron chi connectivity index (χ0n) is 9.73. The predicted octanol–water partition coefficient (Wildman–Crippen LogP) is 3.44. The SMILES string of the molecule is CNC(c1ccoc1)c1cc2c(s1)CCSC2. The van der Waals surface area contributed by atoms with E-state index >= 15 is 0 Å². The monoisotopic (exact) mass is 265 g/mol. The molecule has 3 heterocycles. The Balaban J connectivity index is 1.94. The van der Waals surface area contributed by atoms with Crippen molar-refractivity contribution in [1.82, 2.24) is 5.32 Å². The van der Waals surface area contributed by atoms with Gasteiger partial charge in [-0.1, -0.05) is 0 Å². The minimum absolute atomic E-state index is 0.273. The lowest BCUT2D eigenvalue weighted by Crippen LogP contribution is -2.15. The van der Waals surface area contributed by atoms with Crippen LogP contribution in [0.25, 0.3) is 0 Å². The van der Waals surface area contributed by atoms with Crippen molar-refractivity contribution in [2.24, 2.45) is 0 Å². The molecule has 0 amide bonds. The number of aryl methyl sites for hydroxylation is 1. The lowest BCUT2D eigenvalue weighted by molar-refractivity contribution is 0.558. The van der Waals surface area contributed by atoms with Gasteiger partial charge in [-0.3, -0.25) is 0 Å². The van der Waals surface area contributed by atoms with Gasteiger partial charge in [-0.05, 0) is 36.9 Å². The van der Waals surface area contributed by atoms with Crippen LogP contribution in [0.4, 0.5) is 0 Å². The summed E-state index contributed by atoms with van der Waals surface area (Å²) < 4.78 is 5.18. The number of thioether (sulfide) groups is 1. The molecule has 3 rings (SSSR count). The van der Waals surface area contributed by atoms with Crippen molar-refractivity contribution in [2.75, 3.05) is 12.8 Å². The number of hydrogen-bond acceptors (Lipinski definition) is 4. The van der Waals surface area contributed by atoms with E-state index in [0.29, 0.717) is 0 Å². The number of fused-ring (bicyclic) bond motifs is 1. The molecule has 90 valence electrons. The van der Waals surface area contributed by atoms with Crippen molar-refractivity contribution in [3.05, 3.63) is 45.5 Å². The molecule has 2 nitrogen and oxygen atoms in total. The maximum Gasteiger partial charge on any atom is 0.0954 e. The summed E-state index contributed by atoms with van der Waals surface area (Å²) in [7, 11) is 2.01. The smallest absolute Gasteiger partial charge is 0.0954 e. The van der Waals surface area contributed by atoms with Crippen molar-refractivity contribution in [3.63, 3.8) is 0 Å². The first-order valence-electron chi connectivity index (χ1n) is 5.77. The van der Waals surface area contributed by atoms with Gasteiger partial charge < -0.3 is 9.73 Å². The fourth-order valence-corrected chi connectivity index (χ4v) is 4.74. The summed E-state index contributed by atoms with van der Waals surface area (Å²) in [6.45, 7) is 0. The van der Waals surface area contributed by atoms with Gasteiger partial charge in [0.1, 0.15) is 0 Å². The molecule has 1 unspecified atom stereocenters. The Morgan fingerprint density at radius 3 is 3.12 bits per heavy atom. The van der Waals surface area contributed by atoms with Crippen LogP contribution in [0.5, 0.6) is 0 Å². The van der Waals surface area contributed by atoms with Gasteiger partial charge in [0, 0.05) is 21.1 Å². The first kappa shape index (κ1) is 11.4. The summed E-state index contributed by atoms with van der Waals surface area (Å²) >= 11 is 3.98. The highest BCUT2D eigenvalue weighted by Gasteiger charge is 2.20. The second-order valence-electron chi connectivity index (χ2n) is 4.18. The molecule has 0 bridgehead atoms. The average molecular weight is 265 g/mol. The Hall–Kier alpha value is -0.710. The summed E-state index contributed by atoms with van der Waals surface area (Å²) in [6.07, 6.45) is 4.80. The molecule has 0 saturated heterocycles. The molecule has 0 aromatic carbocycles. The predicted molar refractivity (Wildman–Crippen MR) is 73.8 cm³/mol. The molecule has 0 fully saturated rings. The Morgan fingerprint density at radius 2 is 2.41 bits per heavy atom. The van der Waals surface area contributed by atoms with Gasteiger partial charge >= 0.3 is 0 Å². The van der Waals surface area contributed by atoms with E-state index < -0.39 is 0 Å². The van der Waals surface area contributed by atoms with Crippen LogP contribution in [0.3, 0.4) is 0 Å². The third kappa shape index (κ3) is 2.17. The molecule has 1 aliphatic heterocycles. The van der Waals surface area contributed by atoms with Crippen molar-refractivity contribution in [1.29, 1.82) is 0 Å². The third-order valence-electron chi connectivity index (χ3n) is 3.10. The van der Waals surface area contributed by atoms with E-state index in [4.69, 9.17) is 4.42 Å². The van der Waals surface area contributed by atoms with E-state index in [1.54, 1.807) is 11.1 Å². The lowest BCUT2D eigenvalue weighted by Gasteiger charge is -2.11. The number of furan rings is 1. The molecule has 4 heteroatoms. The van der Waals surface area contributed by atoms with Crippen LogP contribution in [0, 0.1) is 0 Å². The van der Waals surface area contributed by atoms with Crippen LogP contribution in [0.2, 0.25) is 0 Å². The van der Waals surface area contributed by atoms with E-state index in [-0.39, 0.29) is 6.04 Å². The molecular formula is C13H15NOS2. The second-order valence-corrected chi connectivity index (χ2v) is 6.45. The molecule has 1 N–H and O–H groups in total. The van der Waals surface area contributed by atoms with Crippen LogP contribution in [-0.4, -0.2) is 12.8 Å². The molecular weight excluding hydrogens is 250 g/mol. The van der Waals surface area contributed by atoms with Gasteiger partial charge in [0.05, 0.1) is 18.6 Å². The molecule has 1 aliphatic rings. The third-order valence-corrected chi connectivity index (χ3v) is 5.41. The van der Waals surface area contributed by atoms with Crippen molar-refractivity contribution in [3.8, 4) is 0 Å². The quantitative estimate of drug-likeness (QED) is 0.920. The second kappa shape index (κ2) is 4.88. The molecule has 0 saturated carbocycles. The van der Waals surface area contributed by atoms with Crippen LogP contribution < -0.4 is 5.32 Å². The first-order valence-corrected chi connectivity index (χ1v) is 7.74. The Morgan fingerprint density at radius 1 is 1.47 bits per heavy atom. The number of rotatable bonds is 3. The first-order chi connectivity index (χ1) is 8.38. The van der Waals surface area contributed by atoms with Crippen LogP contribution in [0.15, 0.2) is 29.1 Å². The largest absolute Gasteiger partial charge is 0.472 e. The number of nitrogens with one attached hydrogen (secondary N) is 1. The van der Waals surface area contributed by atoms with Crippen molar-refractivity contribution >= 4 is 23.1 Å². The zero-order valence-corrected chi connectivity index (χ0v) is 11.4. The number of thiophene rings is 1. The average Bonchev–Trinajstić information content (AvgIpc) is 2.98. The molecule has 2 aromatic heterocycles. The minimum atomic E-state index is 0.273. The van der Waals surface area contributed by atoms with Gasteiger partial charge in [0.2, 0.25) is 0 Å². The minimum Gasteiger partial charge on any atom is -0.472 e. The molecule has 17 heavy (non-hydrogen) atoms. The van der Waals surface area contributed by atoms with Crippen LogP contribution in [0.1, 0.15) is 26.9 Å². The summed E-state index contributed by atoms with van der Waals surface area (Å²) in [5.74, 6) is 2.44. The fourth-order valence-electron chi connectivity index (χ4n) is 2.22. The molecule has 0 aliphatic carbocycles.